The number of rotatable bonds is 6. The van der Waals surface area contributed by atoms with Gasteiger partial charge in [0.15, 0.2) is 5.69 Å². The molecule has 0 fully saturated rings. The lowest BCUT2D eigenvalue weighted by atomic mass is 10.2. The van der Waals surface area contributed by atoms with Crippen LogP contribution >= 0.6 is 11.3 Å². The number of carbonyl (C=O) groups excluding carboxylic acids is 1. The van der Waals surface area contributed by atoms with Crippen molar-refractivity contribution in [3.63, 3.8) is 0 Å². The third-order valence-electron chi connectivity index (χ3n) is 3.60. The molecule has 24 heavy (non-hydrogen) atoms. The number of hydrogen-bond donors (Lipinski definition) is 1. The molecule has 0 saturated heterocycles. The number of ether oxygens (including phenoxy) is 1. The fraction of sp³-hybridized carbons (Fsp3) is 0.250. The van der Waals surface area contributed by atoms with E-state index in [0.29, 0.717) is 18.8 Å². The van der Waals surface area contributed by atoms with Gasteiger partial charge in [0.05, 0.1) is 37.1 Å². The highest BCUT2D eigenvalue weighted by atomic mass is 32.1. The van der Waals surface area contributed by atoms with E-state index in [1.807, 2.05) is 36.6 Å². The zero-order valence-electron chi connectivity index (χ0n) is 13.4. The van der Waals surface area contributed by atoms with Crippen LogP contribution in [0.2, 0.25) is 0 Å². The fourth-order valence-electron chi connectivity index (χ4n) is 2.20. The lowest BCUT2D eigenvalue weighted by Crippen LogP contribution is -2.24. The lowest BCUT2D eigenvalue weighted by Gasteiger charge is -2.06. The normalized spacial score (nSPS) is 10.6. The van der Waals surface area contributed by atoms with E-state index >= 15 is 0 Å². The molecule has 1 amide bonds. The van der Waals surface area contributed by atoms with E-state index in [-0.39, 0.29) is 5.91 Å². The van der Waals surface area contributed by atoms with Crippen LogP contribution in [0.5, 0.6) is 5.75 Å². The molecule has 0 aliphatic rings. The van der Waals surface area contributed by atoms with Gasteiger partial charge < -0.3 is 10.1 Å². The molecule has 1 aromatic carbocycles. The van der Waals surface area contributed by atoms with Gasteiger partial charge in [0.1, 0.15) is 5.75 Å². The Morgan fingerprint density at radius 2 is 2.12 bits per heavy atom. The predicted molar refractivity (Wildman–Crippen MR) is 90.1 cm³/mol. The summed E-state index contributed by atoms with van der Waals surface area (Å²) in [4.78, 5) is 16.4. The molecule has 0 aliphatic heterocycles. The van der Waals surface area contributed by atoms with E-state index in [4.69, 9.17) is 4.74 Å². The first-order chi connectivity index (χ1) is 11.7. The first kappa shape index (κ1) is 16.1. The summed E-state index contributed by atoms with van der Waals surface area (Å²) in [5, 5.41) is 12.8. The van der Waals surface area contributed by atoms with Crippen LogP contribution in [0.25, 0.3) is 0 Å². The molecule has 0 saturated carbocycles. The molecule has 0 atom stereocenters. The lowest BCUT2D eigenvalue weighted by molar-refractivity contribution is 0.0944. The Balaban J connectivity index is 1.67. The minimum Gasteiger partial charge on any atom is -0.497 e. The van der Waals surface area contributed by atoms with Gasteiger partial charge in [0.2, 0.25) is 0 Å². The highest BCUT2D eigenvalue weighted by molar-refractivity contribution is 7.07. The molecule has 7 nitrogen and oxygen atoms in total. The van der Waals surface area contributed by atoms with Crippen molar-refractivity contribution in [3.8, 4) is 5.75 Å². The number of hydrogen-bond acceptors (Lipinski definition) is 6. The molecule has 0 radical (unpaired) electrons. The van der Waals surface area contributed by atoms with E-state index in [9.17, 15) is 4.79 Å². The molecule has 8 heteroatoms. The van der Waals surface area contributed by atoms with Crippen molar-refractivity contribution in [1.29, 1.82) is 0 Å². The first-order valence-corrected chi connectivity index (χ1v) is 8.30. The second-order valence-corrected chi connectivity index (χ2v) is 5.91. The maximum Gasteiger partial charge on any atom is 0.274 e. The van der Waals surface area contributed by atoms with Crippen molar-refractivity contribution >= 4 is 17.2 Å². The van der Waals surface area contributed by atoms with Crippen molar-refractivity contribution in [3.05, 3.63) is 57.8 Å². The maximum atomic E-state index is 12.2. The van der Waals surface area contributed by atoms with Gasteiger partial charge in [-0.2, -0.15) is 0 Å². The predicted octanol–water partition coefficient (Wildman–Crippen LogP) is 2.03. The van der Waals surface area contributed by atoms with Gasteiger partial charge in [-0.05, 0) is 24.6 Å². The van der Waals surface area contributed by atoms with Crippen molar-refractivity contribution < 1.29 is 9.53 Å². The summed E-state index contributed by atoms with van der Waals surface area (Å²) in [6.07, 6.45) is 0. The van der Waals surface area contributed by atoms with E-state index in [2.05, 4.69) is 20.6 Å². The third kappa shape index (κ3) is 3.60. The largest absolute Gasteiger partial charge is 0.497 e. The Hall–Kier alpha value is -2.74. The number of amides is 1. The quantitative estimate of drug-likeness (QED) is 0.740. The van der Waals surface area contributed by atoms with Crippen LogP contribution in [0, 0.1) is 6.92 Å². The molecule has 0 bridgehead atoms. The van der Waals surface area contributed by atoms with Crippen molar-refractivity contribution in [1.82, 2.24) is 25.3 Å². The molecular weight excluding hydrogens is 326 g/mol. The average Bonchev–Trinajstić information content (AvgIpc) is 3.24. The summed E-state index contributed by atoms with van der Waals surface area (Å²) in [5.41, 5.74) is 4.67. The second kappa shape index (κ2) is 7.22. The number of aromatic nitrogens is 4. The summed E-state index contributed by atoms with van der Waals surface area (Å²) in [6, 6.07) is 7.70. The van der Waals surface area contributed by atoms with Crippen molar-refractivity contribution in [2.45, 2.75) is 20.0 Å². The first-order valence-electron chi connectivity index (χ1n) is 7.35. The molecule has 3 aromatic rings. The van der Waals surface area contributed by atoms with E-state index in [0.717, 1.165) is 22.7 Å². The van der Waals surface area contributed by atoms with E-state index < -0.39 is 0 Å². The number of carbonyl (C=O) groups is 1. The Morgan fingerprint density at radius 3 is 2.79 bits per heavy atom. The minimum absolute atomic E-state index is 0.249. The summed E-state index contributed by atoms with van der Waals surface area (Å²) in [7, 11) is 1.63. The zero-order valence-corrected chi connectivity index (χ0v) is 14.2. The molecule has 1 N–H and O–H groups in total. The van der Waals surface area contributed by atoms with Crippen LogP contribution < -0.4 is 10.1 Å². The van der Waals surface area contributed by atoms with Crippen LogP contribution in [0.3, 0.4) is 0 Å². The molecule has 3 rings (SSSR count). The van der Waals surface area contributed by atoms with Crippen LogP contribution in [0.1, 0.15) is 27.4 Å². The van der Waals surface area contributed by atoms with Gasteiger partial charge in [-0.3, -0.25) is 4.79 Å². The number of nitrogens with one attached hydrogen (secondary N) is 1. The van der Waals surface area contributed by atoms with Crippen molar-refractivity contribution in [2.24, 2.45) is 0 Å². The Labute approximate surface area is 143 Å². The van der Waals surface area contributed by atoms with Gasteiger partial charge in [-0.1, -0.05) is 17.3 Å². The van der Waals surface area contributed by atoms with Gasteiger partial charge >= 0.3 is 0 Å². The monoisotopic (exact) mass is 343 g/mol. The average molecular weight is 343 g/mol. The van der Waals surface area contributed by atoms with Crippen LogP contribution in [0.4, 0.5) is 0 Å². The molecule has 0 aliphatic carbocycles. The van der Waals surface area contributed by atoms with E-state index in [1.165, 1.54) is 11.3 Å². The highest BCUT2D eigenvalue weighted by Gasteiger charge is 2.16. The third-order valence-corrected chi connectivity index (χ3v) is 4.24. The smallest absolute Gasteiger partial charge is 0.274 e. The SMILES string of the molecule is COc1ccc(Cn2nnc(C(=O)NCc3cscn3)c2C)cc1. The van der Waals surface area contributed by atoms with Gasteiger partial charge in [-0.25, -0.2) is 9.67 Å². The molecular formula is C16H17N5O2S. The Bertz CT molecular complexity index is 812. The number of methoxy groups -OCH3 is 1. The molecule has 0 unspecified atom stereocenters. The van der Waals surface area contributed by atoms with Gasteiger partial charge in [-0.15, -0.1) is 16.4 Å². The standard InChI is InChI=1S/C16H17N5O2S/c1-11-15(16(22)17-7-13-9-24-10-18-13)19-20-21(11)8-12-3-5-14(23-2)6-4-12/h3-6,9-10H,7-8H2,1-2H3,(H,17,22). The topological polar surface area (TPSA) is 81.9 Å². The van der Waals surface area contributed by atoms with Crippen LogP contribution in [-0.2, 0) is 13.1 Å². The molecule has 124 valence electrons. The fourth-order valence-corrected chi connectivity index (χ4v) is 2.76. The summed E-state index contributed by atoms with van der Waals surface area (Å²) < 4.78 is 6.85. The maximum absolute atomic E-state index is 12.2. The Morgan fingerprint density at radius 1 is 1.33 bits per heavy atom. The number of benzene rings is 1. The molecule has 0 spiro atoms. The van der Waals surface area contributed by atoms with Gasteiger partial charge in [0, 0.05) is 5.38 Å². The highest BCUT2D eigenvalue weighted by Crippen LogP contribution is 2.13. The number of nitrogens with zero attached hydrogens (tertiary/aromatic N) is 4. The summed E-state index contributed by atoms with van der Waals surface area (Å²) in [6.45, 7) is 2.76. The summed E-state index contributed by atoms with van der Waals surface area (Å²) >= 11 is 1.49. The van der Waals surface area contributed by atoms with Gasteiger partial charge in [0.25, 0.3) is 5.91 Å². The molecule has 2 heterocycles. The minimum atomic E-state index is -0.249. The second-order valence-electron chi connectivity index (χ2n) is 5.19. The van der Waals surface area contributed by atoms with Crippen molar-refractivity contribution in [2.75, 3.05) is 7.11 Å². The molecule has 2 aromatic heterocycles. The zero-order chi connectivity index (χ0) is 16.9. The van der Waals surface area contributed by atoms with E-state index in [1.54, 1.807) is 17.3 Å². The van der Waals surface area contributed by atoms with Crippen LogP contribution in [-0.4, -0.2) is 33.0 Å². The number of thiazole rings is 1. The summed E-state index contributed by atoms with van der Waals surface area (Å²) in [5.74, 6) is 0.553. The Kier molecular flexibility index (Phi) is 4.85. The van der Waals surface area contributed by atoms with Crippen LogP contribution in [0.15, 0.2) is 35.2 Å².